The number of hydrogen-bond acceptors (Lipinski definition) is 3. The number of urea groups is 1. The highest BCUT2D eigenvalue weighted by atomic mass is 32.2. The number of carbonyl (C=O) groups is 1. The van der Waals surface area contributed by atoms with Crippen molar-refractivity contribution in [3.05, 3.63) is 23.8 Å². The molecule has 2 unspecified atom stereocenters. The van der Waals surface area contributed by atoms with Crippen molar-refractivity contribution in [3.8, 4) is 0 Å². The minimum Gasteiger partial charge on any atom is -0.377 e. The Balaban J connectivity index is 1.75. The van der Waals surface area contributed by atoms with Gasteiger partial charge in [-0.1, -0.05) is 20.8 Å². The Hall–Kier alpha value is -1.34. The molecule has 132 valence electrons. The third kappa shape index (κ3) is 3.67. The predicted octanol–water partition coefficient (Wildman–Crippen LogP) is 4.25. The summed E-state index contributed by atoms with van der Waals surface area (Å²) in [4.78, 5) is 14.2. The lowest BCUT2D eigenvalue weighted by atomic mass is 10.2. The SMILES string of the molecule is CC(C)(C)Sc1c(F)cc(NC(=O)N2C3CCC2COC3)cc1F. The van der Waals surface area contributed by atoms with Crippen LogP contribution in [0.4, 0.5) is 19.3 Å². The zero-order valence-corrected chi connectivity index (χ0v) is 14.9. The van der Waals surface area contributed by atoms with E-state index in [2.05, 4.69) is 5.32 Å². The van der Waals surface area contributed by atoms with E-state index in [4.69, 9.17) is 4.74 Å². The van der Waals surface area contributed by atoms with Gasteiger partial charge in [-0.25, -0.2) is 13.6 Å². The zero-order chi connectivity index (χ0) is 17.5. The minimum absolute atomic E-state index is 0.0214. The molecular formula is C17H22F2N2O2S. The van der Waals surface area contributed by atoms with Gasteiger partial charge in [0.05, 0.1) is 30.2 Å². The van der Waals surface area contributed by atoms with Gasteiger partial charge in [0.25, 0.3) is 0 Å². The van der Waals surface area contributed by atoms with Crippen LogP contribution in [0.5, 0.6) is 0 Å². The molecule has 4 nitrogen and oxygen atoms in total. The van der Waals surface area contributed by atoms with E-state index in [1.54, 1.807) is 4.90 Å². The molecule has 0 saturated carbocycles. The minimum atomic E-state index is -0.657. The van der Waals surface area contributed by atoms with Crippen LogP contribution in [0.3, 0.4) is 0 Å². The van der Waals surface area contributed by atoms with E-state index in [1.807, 2.05) is 20.8 Å². The summed E-state index contributed by atoms with van der Waals surface area (Å²) >= 11 is 1.13. The Morgan fingerprint density at radius 1 is 1.21 bits per heavy atom. The Bertz CT molecular complexity index is 609. The molecule has 1 aromatic carbocycles. The number of nitrogens with one attached hydrogen (secondary N) is 1. The van der Waals surface area contributed by atoms with E-state index in [9.17, 15) is 13.6 Å². The molecule has 2 amide bonds. The van der Waals surface area contributed by atoms with Crippen LogP contribution in [-0.4, -0.2) is 41.0 Å². The normalized spacial score (nSPS) is 23.5. The summed E-state index contributed by atoms with van der Waals surface area (Å²) in [6, 6.07) is 2.14. The van der Waals surface area contributed by atoms with Crippen LogP contribution in [0.2, 0.25) is 0 Å². The molecule has 2 bridgehead atoms. The molecule has 0 aliphatic carbocycles. The van der Waals surface area contributed by atoms with E-state index in [0.29, 0.717) is 13.2 Å². The Kier molecular flexibility index (Phi) is 4.75. The molecule has 24 heavy (non-hydrogen) atoms. The molecule has 1 aromatic rings. The number of halogens is 2. The average Bonchev–Trinajstić information content (AvgIpc) is 2.72. The van der Waals surface area contributed by atoms with E-state index >= 15 is 0 Å². The molecule has 2 atom stereocenters. The topological polar surface area (TPSA) is 41.6 Å². The van der Waals surface area contributed by atoms with Gasteiger partial charge in [-0.3, -0.25) is 0 Å². The van der Waals surface area contributed by atoms with Crippen molar-refractivity contribution in [1.29, 1.82) is 0 Å². The molecular weight excluding hydrogens is 334 g/mol. The predicted molar refractivity (Wildman–Crippen MR) is 90.5 cm³/mol. The molecule has 2 aliphatic heterocycles. The molecule has 2 saturated heterocycles. The van der Waals surface area contributed by atoms with Crippen molar-refractivity contribution >= 4 is 23.5 Å². The van der Waals surface area contributed by atoms with Gasteiger partial charge in [-0.15, -0.1) is 11.8 Å². The smallest absolute Gasteiger partial charge is 0.322 e. The van der Waals surface area contributed by atoms with Gasteiger partial charge in [-0.2, -0.15) is 0 Å². The summed E-state index contributed by atoms with van der Waals surface area (Å²) < 4.78 is 33.6. The van der Waals surface area contributed by atoms with Gasteiger partial charge >= 0.3 is 6.03 Å². The van der Waals surface area contributed by atoms with E-state index in [0.717, 1.165) is 24.6 Å². The number of anilines is 1. The fourth-order valence-electron chi connectivity index (χ4n) is 3.18. The van der Waals surface area contributed by atoms with Crippen molar-refractivity contribution < 1.29 is 18.3 Å². The number of rotatable bonds is 2. The first-order chi connectivity index (χ1) is 11.2. The van der Waals surface area contributed by atoms with Crippen molar-refractivity contribution in [1.82, 2.24) is 4.90 Å². The molecule has 1 N–H and O–H groups in total. The Labute approximate surface area is 144 Å². The maximum Gasteiger partial charge on any atom is 0.322 e. The van der Waals surface area contributed by atoms with E-state index in [-0.39, 0.29) is 33.4 Å². The molecule has 2 fully saturated rings. The standard InChI is InChI=1S/C17H22F2N2O2S/c1-17(2,3)24-15-13(18)6-10(7-14(15)19)20-16(22)21-11-4-5-12(21)9-23-8-11/h6-7,11-12H,4-5,8-9H2,1-3H3,(H,20,22). The number of amides is 2. The Morgan fingerprint density at radius 3 is 2.25 bits per heavy atom. The highest BCUT2D eigenvalue weighted by Crippen LogP contribution is 2.37. The Morgan fingerprint density at radius 2 is 1.75 bits per heavy atom. The number of ether oxygens (including phenoxy) is 1. The van der Waals surface area contributed by atoms with Gasteiger partial charge in [-0.05, 0) is 25.0 Å². The third-order valence-electron chi connectivity index (χ3n) is 4.13. The number of benzene rings is 1. The lowest BCUT2D eigenvalue weighted by molar-refractivity contribution is 0.00949. The van der Waals surface area contributed by atoms with Crippen molar-refractivity contribution in [3.63, 3.8) is 0 Å². The summed E-state index contributed by atoms with van der Waals surface area (Å²) in [6.45, 7) is 6.71. The molecule has 0 radical (unpaired) electrons. The maximum atomic E-state index is 14.3. The highest BCUT2D eigenvalue weighted by Gasteiger charge is 2.40. The first kappa shape index (κ1) is 17.5. The summed E-state index contributed by atoms with van der Waals surface area (Å²) in [5.41, 5.74) is 0.138. The van der Waals surface area contributed by atoms with Crippen molar-refractivity contribution in [2.45, 2.75) is 55.3 Å². The average molecular weight is 356 g/mol. The quantitative estimate of drug-likeness (QED) is 0.806. The van der Waals surface area contributed by atoms with Crippen molar-refractivity contribution in [2.24, 2.45) is 0 Å². The largest absolute Gasteiger partial charge is 0.377 e. The number of hydrogen-bond donors (Lipinski definition) is 1. The lowest BCUT2D eigenvalue weighted by Gasteiger charge is -2.34. The second kappa shape index (κ2) is 6.52. The van der Waals surface area contributed by atoms with Crippen LogP contribution < -0.4 is 5.32 Å². The second-order valence-electron chi connectivity index (χ2n) is 7.24. The molecule has 7 heteroatoms. The number of thioether (sulfide) groups is 1. The summed E-state index contributed by atoms with van der Waals surface area (Å²) in [6.07, 6.45) is 1.81. The van der Waals surface area contributed by atoms with Crippen LogP contribution >= 0.6 is 11.8 Å². The monoisotopic (exact) mass is 356 g/mol. The summed E-state index contributed by atoms with van der Waals surface area (Å²) in [5, 5.41) is 2.63. The van der Waals surface area contributed by atoms with Crippen LogP contribution in [0.15, 0.2) is 17.0 Å². The molecule has 0 spiro atoms. The third-order valence-corrected chi connectivity index (χ3v) is 5.34. The van der Waals surface area contributed by atoms with E-state index in [1.165, 1.54) is 12.1 Å². The number of carbonyl (C=O) groups excluding carboxylic acids is 1. The fourth-order valence-corrected chi connectivity index (χ4v) is 4.11. The first-order valence-corrected chi connectivity index (χ1v) is 8.91. The zero-order valence-electron chi connectivity index (χ0n) is 14.1. The molecule has 0 aromatic heterocycles. The van der Waals surface area contributed by atoms with Crippen LogP contribution in [-0.2, 0) is 4.74 Å². The number of fused-ring (bicyclic) bond motifs is 2. The van der Waals surface area contributed by atoms with Gasteiger partial charge in [0.2, 0.25) is 0 Å². The van der Waals surface area contributed by atoms with Crippen LogP contribution in [0.1, 0.15) is 33.6 Å². The molecule has 3 rings (SSSR count). The summed E-state index contributed by atoms with van der Waals surface area (Å²) in [7, 11) is 0. The number of morpholine rings is 1. The molecule has 2 aliphatic rings. The summed E-state index contributed by atoms with van der Waals surface area (Å²) in [5.74, 6) is -1.31. The van der Waals surface area contributed by atoms with Crippen LogP contribution in [0.25, 0.3) is 0 Å². The van der Waals surface area contributed by atoms with Gasteiger partial charge in [0, 0.05) is 10.4 Å². The first-order valence-electron chi connectivity index (χ1n) is 8.10. The fraction of sp³-hybridized carbons (Fsp3) is 0.588. The molecule has 2 heterocycles. The van der Waals surface area contributed by atoms with Crippen molar-refractivity contribution in [2.75, 3.05) is 18.5 Å². The van der Waals surface area contributed by atoms with E-state index < -0.39 is 11.6 Å². The lowest BCUT2D eigenvalue weighted by Crippen LogP contribution is -2.50. The van der Waals surface area contributed by atoms with Gasteiger partial charge < -0.3 is 15.0 Å². The second-order valence-corrected chi connectivity index (χ2v) is 9.08. The van der Waals surface area contributed by atoms with Crippen LogP contribution in [0, 0.1) is 11.6 Å². The maximum absolute atomic E-state index is 14.3. The van der Waals surface area contributed by atoms with Gasteiger partial charge in [0.15, 0.2) is 0 Å². The number of nitrogens with zero attached hydrogens (tertiary/aromatic N) is 1. The highest BCUT2D eigenvalue weighted by molar-refractivity contribution is 8.00. The van der Waals surface area contributed by atoms with Gasteiger partial charge in [0.1, 0.15) is 11.6 Å².